The first-order chi connectivity index (χ1) is 18.3. The lowest BCUT2D eigenvalue weighted by Crippen LogP contribution is -2.54. The molecular formula is C27H19BrN2O8. The summed E-state index contributed by atoms with van der Waals surface area (Å²) in [6.07, 6.45) is 1.34. The molecule has 10 nitrogen and oxygen atoms in total. The molecule has 0 spiro atoms. The second kappa shape index (κ2) is 10.4. The number of benzene rings is 3. The number of nitrogens with zero attached hydrogens (tertiary/aromatic N) is 1. The predicted octanol–water partition coefficient (Wildman–Crippen LogP) is 4.46. The molecule has 1 fully saturated rings. The summed E-state index contributed by atoms with van der Waals surface area (Å²) in [5.74, 6) is -0.904. The SMILES string of the molecule is CCOc1cc(/C=C2\C(=O)NC(=O)N(c3ccc(Br)cc3)C2=O)ccc1OC(=O)c1ccc2c(c1)OCO2. The van der Waals surface area contributed by atoms with E-state index in [4.69, 9.17) is 18.9 Å². The van der Waals surface area contributed by atoms with E-state index in [-0.39, 0.29) is 36.0 Å². The quantitative estimate of drug-likeness (QED) is 0.197. The van der Waals surface area contributed by atoms with Gasteiger partial charge in [0, 0.05) is 4.47 Å². The van der Waals surface area contributed by atoms with Crippen LogP contribution in [0.4, 0.5) is 10.5 Å². The van der Waals surface area contributed by atoms with Crippen molar-refractivity contribution in [2.75, 3.05) is 18.3 Å². The van der Waals surface area contributed by atoms with E-state index < -0.39 is 23.8 Å². The van der Waals surface area contributed by atoms with Gasteiger partial charge >= 0.3 is 12.0 Å². The van der Waals surface area contributed by atoms with Gasteiger partial charge in [0.25, 0.3) is 11.8 Å². The fraction of sp³-hybridized carbons (Fsp3) is 0.111. The van der Waals surface area contributed by atoms with Crippen LogP contribution in [0.5, 0.6) is 23.0 Å². The van der Waals surface area contributed by atoms with Gasteiger partial charge in [-0.25, -0.2) is 14.5 Å². The lowest BCUT2D eigenvalue weighted by atomic mass is 10.1. The molecule has 0 aliphatic carbocycles. The molecule has 0 aromatic heterocycles. The molecule has 3 aromatic carbocycles. The Hall–Kier alpha value is -4.64. The monoisotopic (exact) mass is 578 g/mol. The summed E-state index contributed by atoms with van der Waals surface area (Å²) in [6, 6.07) is 14.9. The maximum atomic E-state index is 13.1. The number of ether oxygens (including phenoxy) is 4. The molecule has 2 aliphatic heterocycles. The van der Waals surface area contributed by atoms with Crippen molar-refractivity contribution in [2.24, 2.45) is 0 Å². The molecule has 4 amide bonds. The van der Waals surface area contributed by atoms with Crippen LogP contribution < -0.4 is 29.2 Å². The average molecular weight is 579 g/mol. The number of hydrogen-bond acceptors (Lipinski definition) is 8. The number of rotatable bonds is 6. The van der Waals surface area contributed by atoms with Gasteiger partial charge in [0.2, 0.25) is 6.79 Å². The molecule has 5 rings (SSSR count). The Morgan fingerprint density at radius 1 is 1.00 bits per heavy atom. The molecule has 3 aromatic rings. The third-order valence-electron chi connectivity index (χ3n) is 5.58. The summed E-state index contributed by atoms with van der Waals surface area (Å²) in [4.78, 5) is 51.7. The Bertz CT molecular complexity index is 1500. The topological polar surface area (TPSA) is 120 Å². The summed E-state index contributed by atoms with van der Waals surface area (Å²) in [5, 5.41) is 2.18. The Balaban J connectivity index is 1.41. The fourth-order valence-corrected chi connectivity index (χ4v) is 4.06. The highest BCUT2D eigenvalue weighted by molar-refractivity contribution is 9.10. The van der Waals surface area contributed by atoms with Crippen LogP contribution >= 0.6 is 15.9 Å². The largest absolute Gasteiger partial charge is 0.490 e. The number of fused-ring (bicyclic) bond motifs is 1. The van der Waals surface area contributed by atoms with Gasteiger partial charge in [-0.15, -0.1) is 0 Å². The molecule has 2 heterocycles. The number of anilines is 1. The van der Waals surface area contributed by atoms with E-state index in [9.17, 15) is 19.2 Å². The van der Waals surface area contributed by atoms with Gasteiger partial charge < -0.3 is 18.9 Å². The predicted molar refractivity (Wildman–Crippen MR) is 138 cm³/mol. The van der Waals surface area contributed by atoms with Crippen molar-refractivity contribution in [2.45, 2.75) is 6.92 Å². The molecule has 1 N–H and O–H groups in total. The van der Waals surface area contributed by atoms with E-state index in [1.807, 2.05) is 0 Å². The molecule has 2 aliphatic rings. The van der Waals surface area contributed by atoms with Crippen LogP contribution in [0.25, 0.3) is 6.08 Å². The molecule has 38 heavy (non-hydrogen) atoms. The van der Waals surface area contributed by atoms with Crippen LogP contribution in [-0.4, -0.2) is 37.2 Å². The third-order valence-corrected chi connectivity index (χ3v) is 6.10. The Morgan fingerprint density at radius 2 is 1.76 bits per heavy atom. The molecule has 11 heteroatoms. The van der Waals surface area contributed by atoms with Gasteiger partial charge in [0.15, 0.2) is 23.0 Å². The van der Waals surface area contributed by atoms with Crippen LogP contribution in [0.3, 0.4) is 0 Å². The minimum absolute atomic E-state index is 0.0782. The van der Waals surface area contributed by atoms with Crippen molar-refractivity contribution in [3.8, 4) is 23.0 Å². The number of halogens is 1. The summed E-state index contributed by atoms with van der Waals surface area (Å²) >= 11 is 3.31. The zero-order valence-corrected chi connectivity index (χ0v) is 21.4. The number of barbiturate groups is 1. The van der Waals surface area contributed by atoms with Crippen LogP contribution in [0, 0.1) is 0 Å². The molecule has 192 valence electrons. The number of esters is 1. The maximum absolute atomic E-state index is 13.1. The fourth-order valence-electron chi connectivity index (χ4n) is 3.80. The summed E-state index contributed by atoms with van der Waals surface area (Å²) in [5.41, 5.74) is 0.722. The van der Waals surface area contributed by atoms with Gasteiger partial charge in [-0.1, -0.05) is 22.0 Å². The van der Waals surface area contributed by atoms with Crippen LogP contribution in [0.2, 0.25) is 0 Å². The summed E-state index contributed by atoms with van der Waals surface area (Å²) < 4.78 is 22.5. The van der Waals surface area contributed by atoms with Crippen molar-refractivity contribution in [3.63, 3.8) is 0 Å². The average Bonchev–Trinajstić information content (AvgIpc) is 3.37. The molecule has 1 saturated heterocycles. The highest BCUT2D eigenvalue weighted by Gasteiger charge is 2.36. The number of carbonyl (C=O) groups excluding carboxylic acids is 4. The van der Waals surface area contributed by atoms with E-state index in [0.29, 0.717) is 22.7 Å². The highest BCUT2D eigenvalue weighted by Crippen LogP contribution is 2.34. The van der Waals surface area contributed by atoms with Crippen LogP contribution in [0.15, 0.2) is 70.7 Å². The first-order valence-electron chi connectivity index (χ1n) is 11.4. The Morgan fingerprint density at radius 3 is 2.53 bits per heavy atom. The van der Waals surface area contributed by atoms with Gasteiger partial charge in [0.1, 0.15) is 5.57 Å². The molecular weight excluding hydrogens is 560 g/mol. The number of imide groups is 2. The number of hydrogen-bond donors (Lipinski definition) is 1. The highest BCUT2D eigenvalue weighted by atomic mass is 79.9. The van der Waals surface area contributed by atoms with E-state index in [1.165, 1.54) is 24.3 Å². The van der Waals surface area contributed by atoms with E-state index >= 15 is 0 Å². The number of urea groups is 1. The Kier molecular flexibility index (Phi) is 6.84. The zero-order chi connectivity index (χ0) is 26.8. The standard InChI is InChI=1S/C27H19BrN2O8/c1-2-35-22-12-15(3-9-21(22)38-26(33)16-4-10-20-23(13-16)37-14-36-20)11-19-24(31)29-27(34)30(25(19)32)18-7-5-17(28)6-8-18/h3-13H,2,14H2,1H3,(H,29,31,34)/b19-11+. The van der Waals surface area contributed by atoms with Crippen LogP contribution in [0.1, 0.15) is 22.8 Å². The Labute approximate surface area is 224 Å². The minimum atomic E-state index is -0.847. The number of carbonyl (C=O) groups is 4. The van der Waals surface area contributed by atoms with Gasteiger partial charge in [-0.05, 0) is 73.2 Å². The lowest BCUT2D eigenvalue weighted by Gasteiger charge is -2.26. The molecule has 0 unspecified atom stereocenters. The maximum Gasteiger partial charge on any atom is 0.343 e. The zero-order valence-electron chi connectivity index (χ0n) is 19.9. The molecule has 0 atom stereocenters. The number of nitrogens with one attached hydrogen (secondary N) is 1. The smallest absolute Gasteiger partial charge is 0.343 e. The van der Waals surface area contributed by atoms with Crippen LogP contribution in [-0.2, 0) is 9.59 Å². The normalized spacial score (nSPS) is 15.5. The second-order valence-electron chi connectivity index (χ2n) is 8.03. The first kappa shape index (κ1) is 25.0. The minimum Gasteiger partial charge on any atom is -0.490 e. The van der Waals surface area contributed by atoms with Crippen molar-refractivity contribution < 1.29 is 38.1 Å². The summed E-state index contributed by atoms with van der Waals surface area (Å²) in [7, 11) is 0. The number of amides is 4. The first-order valence-corrected chi connectivity index (χ1v) is 12.2. The second-order valence-corrected chi connectivity index (χ2v) is 8.95. The summed E-state index contributed by atoms with van der Waals surface area (Å²) in [6.45, 7) is 2.10. The molecule has 0 saturated carbocycles. The van der Waals surface area contributed by atoms with E-state index in [2.05, 4.69) is 21.2 Å². The van der Waals surface area contributed by atoms with Gasteiger partial charge in [-0.2, -0.15) is 0 Å². The molecule has 0 radical (unpaired) electrons. The lowest BCUT2D eigenvalue weighted by molar-refractivity contribution is -0.122. The van der Waals surface area contributed by atoms with Crippen molar-refractivity contribution in [3.05, 3.63) is 81.8 Å². The third kappa shape index (κ3) is 4.96. The van der Waals surface area contributed by atoms with Gasteiger partial charge in [0.05, 0.1) is 17.9 Å². The van der Waals surface area contributed by atoms with Crippen molar-refractivity contribution in [1.29, 1.82) is 0 Å². The molecule has 0 bridgehead atoms. The van der Waals surface area contributed by atoms with Crippen molar-refractivity contribution in [1.82, 2.24) is 5.32 Å². The van der Waals surface area contributed by atoms with Gasteiger partial charge in [-0.3, -0.25) is 14.9 Å². The van der Waals surface area contributed by atoms with E-state index in [0.717, 1.165) is 9.37 Å². The van der Waals surface area contributed by atoms with Crippen molar-refractivity contribution >= 4 is 51.5 Å². The van der Waals surface area contributed by atoms with E-state index in [1.54, 1.807) is 49.4 Å².